The van der Waals surface area contributed by atoms with Crippen molar-refractivity contribution >= 4 is 11.8 Å². The van der Waals surface area contributed by atoms with Crippen LogP contribution in [0.5, 0.6) is 0 Å². The average molecular weight is 119 g/mol. The quantitative estimate of drug-likeness (QED) is 0.553. The maximum atomic E-state index is 3.09. The molecule has 0 aliphatic heterocycles. The van der Waals surface area contributed by atoms with Crippen LogP contribution in [0.4, 0.5) is 0 Å². The topological polar surface area (TPSA) is 12.0 Å². The summed E-state index contributed by atoms with van der Waals surface area (Å²) in [6, 6.07) is 0. The molecule has 0 bridgehead atoms. The Bertz CT molecular complexity index is 27.3. The summed E-state index contributed by atoms with van der Waals surface area (Å²) in [5.74, 6) is 1.28. The molecular weight excluding hydrogens is 106 g/mol. The molecule has 0 unspecified atom stereocenters. The first kappa shape index (κ1) is 7.31. The second-order valence-electron chi connectivity index (χ2n) is 1.45. The largest absolute Gasteiger partial charge is 0.320 e. The van der Waals surface area contributed by atoms with Gasteiger partial charge >= 0.3 is 0 Å². The standard InChI is InChI=1S/C5H13NS/c1-6-4-3-5-7-2/h6H,3-5H2,1-2H3. The smallest absolute Gasteiger partial charge is 0.00441 e. The van der Waals surface area contributed by atoms with E-state index in [1.807, 2.05) is 18.8 Å². The summed E-state index contributed by atoms with van der Waals surface area (Å²) in [7, 11) is 1.99. The highest BCUT2D eigenvalue weighted by molar-refractivity contribution is 7.98. The van der Waals surface area contributed by atoms with E-state index in [0.29, 0.717) is 0 Å². The molecule has 0 atom stereocenters. The third-order valence-corrected chi connectivity index (χ3v) is 1.47. The third-order valence-electron chi connectivity index (χ3n) is 0.775. The Hall–Kier alpha value is 0.310. The maximum absolute atomic E-state index is 3.09. The van der Waals surface area contributed by atoms with Crippen LogP contribution in [0, 0.1) is 0 Å². The molecule has 0 aromatic rings. The lowest BCUT2D eigenvalue weighted by molar-refractivity contribution is 0.778. The Balaban J connectivity index is 2.45. The highest BCUT2D eigenvalue weighted by Crippen LogP contribution is 1.92. The van der Waals surface area contributed by atoms with Crippen LogP contribution in [0.15, 0.2) is 0 Å². The zero-order chi connectivity index (χ0) is 5.54. The van der Waals surface area contributed by atoms with Crippen LogP contribution in [0.3, 0.4) is 0 Å². The third kappa shape index (κ3) is 6.31. The number of rotatable bonds is 4. The molecule has 0 saturated carbocycles. The van der Waals surface area contributed by atoms with Crippen molar-refractivity contribution in [2.24, 2.45) is 0 Å². The molecule has 1 N–H and O–H groups in total. The van der Waals surface area contributed by atoms with Crippen LogP contribution in [-0.4, -0.2) is 25.6 Å². The number of hydrogen-bond acceptors (Lipinski definition) is 2. The normalized spacial score (nSPS) is 9.43. The first-order chi connectivity index (χ1) is 3.41. The van der Waals surface area contributed by atoms with Gasteiger partial charge in [-0.3, -0.25) is 0 Å². The molecule has 0 aliphatic carbocycles. The van der Waals surface area contributed by atoms with Crippen LogP contribution in [0.2, 0.25) is 0 Å². The molecule has 0 amide bonds. The fourth-order valence-corrected chi connectivity index (χ4v) is 0.826. The number of hydrogen-bond donors (Lipinski definition) is 1. The minimum atomic E-state index is 1.15. The summed E-state index contributed by atoms with van der Waals surface area (Å²) in [6.45, 7) is 1.15. The van der Waals surface area contributed by atoms with Gasteiger partial charge in [-0.1, -0.05) is 0 Å². The Kier molecular flexibility index (Phi) is 6.59. The van der Waals surface area contributed by atoms with E-state index in [9.17, 15) is 0 Å². The Morgan fingerprint density at radius 3 is 2.71 bits per heavy atom. The van der Waals surface area contributed by atoms with E-state index in [1.165, 1.54) is 12.2 Å². The van der Waals surface area contributed by atoms with E-state index in [-0.39, 0.29) is 0 Å². The lowest BCUT2D eigenvalue weighted by Gasteiger charge is -1.93. The van der Waals surface area contributed by atoms with Crippen LogP contribution in [-0.2, 0) is 0 Å². The molecule has 0 aromatic carbocycles. The maximum Gasteiger partial charge on any atom is -0.00441 e. The van der Waals surface area contributed by atoms with Gasteiger partial charge in [0.2, 0.25) is 0 Å². The molecule has 2 heteroatoms. The van der Waals surface area contributed by atoms with Crippen molar-refractivity contribution < 1.29 is 0 Å². The summed E-state index contributed by atoms with van der Waals surface area (Å²) in [5, 5.41) is 3.09. The zero-order valence-corrected chi connectivity index (χ0v) is 5.85. The molecule has 0 aliphatic rings. The highest BCUT2D eigenvalue weighted by atomic mass is 32.2. The van der Waals surface area contributed by atoms with Gasteiger partial charge in [-0.2, -0.15) is 11.8 Å². The second kappa shape index (κ2) is 6.31. The Morgan fingerprint density at radius 2 is 2.29 bits per heavy atom. The molecule has 44 valence electrons. The van der Waals surface area contributed by atoms with E-state index in [4.69, 9.17) is 0 Å². The van der Waals surface area contributed by atoms with E-state index in [2.05, 4.69) is 11.6 Å². The minimum absolute atomic E-state index is 1.15. The van der Waals surface area contributed by atoms with E-state index < -0.39 is 0 Å². The van der Waals surface area contributed by atoms with Crippen LogP contribution in [0.25, 0.3) is 0 Å². The lowest BCUT2D eigenvalue weighted by atomic mass is 10.5. The van der Waals surface area contributed by atoms with Crippen molar-refractivity contribution in [1.82, 2.24) is 5.32 Å². The zero-order valence-electron chi connectivity index (χ0n) is 5.03. The van der Waals surface area contributed by atoms with Gasteiger partial charge in [0.15, 0.2) is 0 Å². The summed E-state index contributed by atoms with van der Waals surface area (Å²) < 4.78 is 0. The second-order valence-corrected chi connectivity index (χ2v) is 2.44. The van der Waals surface area contributed by atoms with Gasteiger partial charge in [0.1, 0.15) is 0 Å². The van der Waals surface area contributed by atoms with Crippen LogP contribution in [0.1, 0.15) is 6.42 Å². The fraction of sp³-hybridized carbons (Fsp3) is 1.00. The van der Waals surface area contributed by atoms with Gasteiger partial charge in [0, 0.05) is 0 Å². The van der Waals surface area contributed by atoms with E-state index >= 15 is 0 Å². The molecular formula is C5H13NS. The van der Waals surface area contributed by atoms with Crippen LogP contribution >= 0.6 is 11.8 Å². The van der Waals surface area contributed by atoms with Crippen LogP contribution < -0.4 is 5.32 Å². The Morgan fingerprint density at radius 1 is 1.57 bits per heavy atom. The molecule has 1 nitrogen and oxygen atoms in total. The summed E-state index contributed by atoms with van der Waals surface area (Å²) in [6.07, 6.45) is 3.42. The van der Waals surface area contributed by atoms with Gasteiger partial charge < -0.3 is 5.32 Å². The molecule has 0 aromatic heterocycles. The van der Waals surface area contributed by atoms with Crippen molar-refractivity contribution in [3.63, 3.8) is 0 Å². The predicted molar refractivity (Wildman–Crippen MR) is 36.9 cm³/mol. The predicted octanol–water partition coefficient (Wildman–Crippen LogP) is 0.959. The molecule has 0 rings (SSSR count). The first-order valence-electron chi connectivity index (χ1n) is 2.55. The van der Waals surface area contributed by atoms with Crippen molar-refractivity contribution in [3.05, 3.63) is 0 Å². The number of nitrogens with one attached hydrogen (secondary N) is 1. The molecule has 0 fully saturated rings. The molecule has 0 heterocycles. The fourth-order valence-electron chi connectivity index (χ4n) is 0.393. The minimum Gasteiger partial charge on any atom is -0.320 e. The number of thioether (sulfide) groups is 1. The van der Waals surface area contributed by atoms with E-state index in [1.54, 1.807) is 0 Å². The summed E-state index contributed by atoms with van der Waals surface area (Å²) in [4.78, 5) is 0. The van der Waals surface area contributed by atoms with Gasteiger partial charge in [-0.25, -0.2) is 0 Å². The van der Waals surface area contributed by atoms with E-state index in [0.717, 1.165) is 6.54 Å². The van der Waals surface area contributed by atoms with Gasteiger partial charge in [0.25, 0.3) is 0 Å². The monoisotopic (exact) mass is 119 g/mol. The first-order valence-corrected chi connectivity index (χ1v) is 3.94. The highest BCUT2D eigenvalue weighted by Gasteiger charge is 1.79. The van der Waals surface area contributed by atoms with Gasteiger partial charge in [0.05, 0.1) is 0 Å². The molecule has 0 saturated heterocycles. The lowest BCUT2D eigenvalue weighted by Crippen LogP contribution is -2.07. The molecule has 0 spiro atoms. The Labute approximate surface area is 49.9 Å². The summed E-state index contributed by atoms with van der Waals surface area (Å²) >= 11 is 1.90. The van der Waals surface area contributed by atoms with Gasteiger partial charge in [-0.05, 0) is 32.0 Å². The molecule has 7 heavy (non-hydrogen) atoms. The molecule has 0 radical (unpaired) electrons. The van der Waals surface area contributed by atoms with Crippen molar-refractivity contribution in [3.8, 4) is 0 Å². The summed E-state index contributed by atoms with van der Waals surface area (Å²) in [5.41, 5.74) is 0. The average Bonchev–Trinajstić information content (AvgIpc) is 1.69. The van der Waals surface area contributed by atoms with Crippen molar-refractivity contribution in [1.29, 1.82) is 0 Å². The van der Waals surface area contributed by atoms with Gasteiger partial charge in [-0.15, -0.1) is 0 Å². The van der Waals surface area contributed by atoms with Crippen molar-refractivity contribution in [2.75, 3.05) is 25.6 Å². The van der Waals surface area contributed by atoms with Crippen molar-refractivity contribution in [2.45, 2.75) is 6.42 Å². The SMILES string of the molecule is CNCCCSC.